The van der Waals surface area contributed by atoms with E-state index in [1.165, 1.54) is 0 Å². The summed E-state index contributed by atoms with van der Waals surface area (Å²) in [7, 11) is 0. The molecule has 0 saturated heterocycles. The number of hydrogen-bond acceptors (Lipinski definition) is 5. The number of nitrogens with two attached hydrogens (primary N) is 1. The third-order valence-electron chi connectivity index (χ3n) is 2.81. The van der Waals surface area contributed by atoms with Crippen molar-refractivity contribution in [3.63, 3.8) is 0 Å². The van der Waals surface area contributed by atoms with E-state index in [9.17, 15) is 4.79 Å². The summed E-state index contributed by atoms with van der Waals surface area (Å²) in [4.78, 5) is 16.4. The number of halogens is 1. The topological polar surface area (TPSA) is 73.6 Å². The van der Waals surface area contributed by atoms with Gasteiger partial charge in [0.25, 0.3) is 0 Å². The van der Waals surface area contributed by atoms with Crippen molar-refractivity contribution in [2.75, 3.05) is 6.61 Å². The van der Waals surface area contributed by atoms with Gasteiger partial charge in [-0.2, -0.15) is 23.2 Å². The number of hydrogen-bond donors (Lipinski definition) is 2. The van der Waals surface area contributed by atoms with Gasteiger partial charge in [-0.25, -0.2) is 4.79 Å². The van der Waals surface area contributed by atoms with E-state index in [2.05, 4.69) is 21.4 Å². The molecule has 0 saturated carbocycles. The van der Waals surface area contributed by atoms with Gasteiger partial charge >= 0.3 is 5.97 Å². The Labute approximate surface area is 137 Å². The summed E-state index contributed by atoms with van der Waals surface area (Å²) >= 11 is 3.32. The molecule has 0 unspecified atom stereocenters. The fourth-order valence-corrected chi connectivity index (χ4v) is 1.87. The second-order valence-electron chi connectivity index (χ2n) is 4.60. The first kappa shape index (κ1) is 16.4. The van der Waals surface area contributed by atoms with E-state index in [1.807, 2.05) is 43.3 Å². The second-order valence-corrected chi connectivity index (χ2v) is 5.51. The fourth-order valence-electron chi connectivity index (χ4n) is 1.61. The van der Waals surface area contributed by atoms with Gasteiger partial charge in [0, 0.05) is 4.47 Å². The van der Waals surface area contributed by atoms with Gasteiger partial charge in [-0.1, -0.05) is 21.5 Å². The van der Waals surface area contributed by atoms with Crippen LogP contribution in [0.1, 0.15) is 11.1 Å². The van der Waals surface area contributed by atoms with Gasteiger partial charge in [-0.05, 0) is 37.4 Å². The summed E-state index contributed by atoms with van der Waals surface area (Å²) in [6.45, 7) is 1.77. The summed E-state index contributed by atoms with van der Waals surface area (Å²) in [6, 6.07) is 14.7. The van der Waals surface area contributed by atoms with E-state index in [0.29, 0.717) is 5.75 Å². The largest absolute Gasteiger partial charge is 0.482 e. The van der Waals surface area contributed by atoms with Crippen molar-refractivity contribution in [1.29, 1.82) is 0 Å². The van der Waals surface area contributed by atoms with E-state index < -0.39 is 5.97 Å². The van der Waals surface area contributed by atoms with Crippen molar-refractivity contribution < 1.29 is 14.4 Å². The number of carbonyl (C=O) groups is 1. The number of nitrogens with one attached hydrogen (secondary N) is 1. The molecule has 2 aromatic rings. The zero-order chi connectivity index (χ0) is 15.9. The average Bonchev–Trinajstić information content (AvgIpc) is 2.52. The molecule has 0 fully saturated rings. The van der Waals surface area contributed by atoms with E-state index in [4.69, 9.17) is 15.3 Å². The first-order chi connectivity index (χ1) is 10.5. The minimum absolute atomic E-state index is 0.212. The molecule has 0 amide bonds. The van der Waals surface area contributed by atoms with Crippen molar-refractivity contribution >= 4 is 21.9 Å². The zero-order valence-corrected chi connectivity index (χ0v) is 13.6. The van der Waals surface area contributed by atoms with Crippen LogP contribution < -0.4 is 16.0 Å². The van der Waals surface area contributed by atoms with Gasteiger partial charge < -0.3 is 15.3 Å². The Morgan fingerprint density at radius 3 is 2.45 bits per heavy atom. The predicted molar refractivity (Wildman–Crippen MR) is 86.6 cm³/mol. The monoisotopic (exact) mass is 363 g/mol. The van der Waals surface area contributed by atoms with Crippen LogP contribution in [0, 0.1) is 13.1 Å². The molecule has 116 valence electrons. The van der Waals surface area contributed by atoms with Crippen LogP contribution in [0.2, 0.25) is 0 Å². The van der Waals surface area contributed by atoms with Crippen LogP contribution in [0.5, 0.6) is 5.75 Å². The third kappa shape index (κ3) is 5.07. The highest BCUT2D eigenvalue weighted by atomic mass is 79.9. The Morgan fingerprint density at radius 1 is 1.18 bits per heavy atom. The number of rotatable bonds is 6. The van der Waals surface area contributed by atoms with Gasteiger partial charge in [0.15, 0.2) is 6.61 Å². The molecule has 5 nitrogen and oxygen atoms in total. The number of ether oxygens (including phenoxy) is 1. The van der Waals surface area contributed by atoms with Gasteiger partial charge in [0.1, 0.15) is 5.75 Å². The molecule has 0 bridgehead atoms. The third-order valence-corrected chi connectivity index (χ3v) is 3.34. The summed E-state index contributed by atoms with van der Waals surface area (Å²) < 4.78 is 6.23. The Hall–Kier alpha value is -2.02. The molecule has 0 aliphatic heterocycles. The van der Waals surface area contributed by atoms with Gasteiger partial charge in [-0.15, -0.1) is 12.1 Å². The van der Waals surface area contributed by atoms with Crippen LogP contribution in [0.25, 0.3) is 0 Å². The van der Waals surface area contributed by atoms with Crippen molar-refractivity contribution in [2.45, 2.75) is 6.92 Å². The van der Waals surface area contributed by atoms with E-state index in [1.54, 1.807) is 12.1 Å². The van der Waals surface area contributed by atoms with E-state index >= 15 is 0 Å². The van der Waals surface area contributed by atoms with Crippen LogP contribution in [-0.2, 0) is 9.63 Å². The lowest BCUT2D eigenvalue weighted by atomic mass is 10.1. The van der Waals surface area contributed by atoms with E-state index in [0.717, 1.165) is 15.6 Å². The first-order valence-electron chi connectivity index (χ1n) is 6.58. The number of carbonyl (C=O) groups excluding carboxylic acids is 1. The lowest BCUT2D eigenvalue weighted by Gasteiger charge is -2.21. The van der Waals surface area contributed by atoms with Gasteiger partial charge in [0.05, 0.1) is 0 Å². The number of hydroxylamine groups is 1. The molecule has 0 aromatic heterocycles. The Morgan fingerprint density at radius 2 is 1.82 bits per heavy atom. The molecule has 22 heavy (non-hydrogen) atoms. The zero-order valence-electron chi connectivity index (χ0n) is 12.0. The minimum Gasteiger partial charge on any atom is -0.482 e. The summed E-state index contributed by atoms with van der Waals surface area (Å²) in [5.74, 6) is 0.00798. The molecule has 0 atom stereocenters. The molecule has 2 aromatic carbocycles. The molecule has 0 spiro atoms. The maximum Gasteiger partial charge on any atom is 0.362 e. The Bertz CT molecular complexity index is 614. The highest BCUT2D eigenvalue weighted by Crippen LogP contribution is 2.16. The van der Waals surface area contributed by atoms with Crippen LogP contribution in [0.15, 0.2) is 53.0 Å². The van der Waals surface area contributed by atoms with Crippen molar-refractivity contribution in [2.24, 2.45) is 5.73 Å². The predicted octanol–water partition coefficient (Wildman–Crippen LogP) is 2.68. The lowest BCUT2D eigenvalue weighted by Crippen LogP contribution is -2.33. The minimum atomic E-state index is -0.571. The standard InChI is InChI=1S/C16H16BrN2O3/c1-11-2-4-12(5-3-11)16(18)19-22-15(20)10-21-14-8-6-13(17)7-9-14/h2-9,19H,10,18H2,1H3/q-1. The Kier molecular flexibility index (Phi) is 5.83. The van der Waals surface area contributed by atoms with Crippen LogP contribution in [0.4, 0.5) is 0 Å². The summed E-state index contributed by atoms with van der Waals surface area (Å²) in [6.07, 6.45) is 0.261. The molecular formula is C16H16BrN2O3-. The number of aryl methyl sites for hydroxylation is 1. The molecule has 2 rings (SSSR count). The molecule has 6 heteroatoms. The van der Waals surface area contributed by atoms with Crippen molar-refractivity contribution in [3.05, 3.63) is 70.3 Å². The highest BCUT2D eigenvalue weighted by Gasteiger charge is 2.06. The molecule has 0 aliphatic rings. The SMILES string of the molecule is Cc1ccc([C-](N)NOC(=O)COc2ccc(Br)cc2)cc1. The molecule has 0 radical (unpaired) electrons. The quantitative estimate of drug-likeness (QED) is 0.609. The first-order valence-corrected chi connectivity index (χ1v) is 7.37. The van der Waals surface area contributed by atoms with Gasteiger partial charge in [0.2, 0.25) is 0 Å². The maximum absolute atomic E-state index is 11.6. The normalized spacial score (nSPS) is 10.1. The average molecular weight is 364 g/mol. The number of benzene rings is 2. The van der Waals surface area contributed by atoms with Crippen molar-refractivity contribution in [3.8, 4) is 5.75 Å². The van der Waals surface area contributed by atoms with Crippen LogP contribution in [-0.4, -0.2) is 12.6 Å². The Balaban J connectivity index is 1.75. The molecule has 3 N–H and O–H groups in total. The second kappa shape index (κ2) is 7.84. The molecule has 0 heterocycles. The summed E-state index contributed by atoms with van der Waals surface area (Å²) in [5, 5.41) is 0. The molecule has 0 aliphatic carbocycles. The van der Waals surface area contributed by atoms with Crippen LogP contribution >= 0.6 is 15.9 Å². The van der Waals surface area contributed by atoms with Crippen LogP contribution in [0.3, 0.4) is 0 Å². The lowest BCUT2D eigenvalue weighted by molar-refractivity contribution is -0.152. The maximum atomic E-state index is 11.6. The smallest absolute Gasteiger partial charge is 0.362 e. The fraction of sp³-hybridized carbons (Fsp3) is 0.125. The summed E-state index contributed by atoms with van der Waals surface area (Å²) in [5.41, 5.74) is 10.1. The van der Waals surface area contributed by atoms with Gasteiger partial charge in [-0.3, -0.25) is 0 Å². The molecular weight excluding hydrogens is 348 g/mol. The van der Waals surface area contributed by atoms with E-state index in [-0.39, 0.29) is 12.8 Å². The van der Waals surface area contributed by atoms with Crippen molar-refractivity contribution in [1.82, 2.24) is 5.48 Å². The highest BCUT2D eigenvalue weighted by molar-refractivity contribution is 9.10.